The highest BCUT2D eigenvalue weighted by Gasteiger charge is 2.27. The van der Waals surface area contributed by atoms with Crippen molar-refractivity contribution in [2.45, 2.75) is 25.4 Å². The molecule has 1 aromatic carbocycles. The Hall–Kier alpha value is -3.22. The van der Waals surface area contributed by atoms with Crippen LogP contribution < -0.4 is 21.1 Å². The molecule has 0 aliphatic rings. The molecule has 166 valence electrons. The lowest BCUT2D eigenvalue weighted by molar-refractivity contribution is -0.139. The molecule has 3 amide bonds. The molecule has 2 atom stereocenters. The Morgan fingerprint density at radius 1 is 1.07 bits per heavy atom. The normalized spacial score (nSPS) is 12.6. The highest BCUT2D eigenvalue weighted by molar-refractivity contribution is 6.34. The van der Waals surface area contributed by atoms with Gasteiger partial charge in [-0.1, -0.05) is 0 Å². The Morgan fingerprint density at radius 3 is 2.13 bits per heavy atom. The number of nitrogens with one attached hydrogen (secondary N) is 2. The van der Waals surface area contributed by atoms with Crippen molar-refractivity contribution in [3.63, 3.8) is 0 Å². The average Bonchev–Trinajstić information content (AvgIpc) is 2.68. The second-order valence-electron chi connectivity index (χ2n) is 5.95. The maximum Gasteiger partial charge on any atom is 0.309 e. The Bertz CT molecular complexity index is 810. The molecule has 0 aliphatic heterocycles. The molecule has 0 bridgehead atoms. The maximum absolute atomic E-state index is 13.6. The molecule has 9 nitrogen and oxygen atoms in total. The largest absolute Gasteiger partial charge is 0.479 e. The standard InChI is InChI=1S/C17H19F4N3O6/c1-7(23-17(28)15(22)26)16(27)24-10(3-4-29-2)11(25)6-30-14-12(20)8(18)5-9(19)13(14)21/h5,7,10H,3-4,6H2,1-2H3,(H2,22,26)(H,23,28)(H,24,27)/t7-,10-/m0/s1. The van der Waals surface area contributed by atoms with Gasteiger partial charge in [-0.05, 0) is 13.3 Å². The summed E-state index contributed by atoms with van der Waals surface area (Å²) in [6.45, 7) is 0.119. The highest BCUT2D eigenvalue weighted by Crippen LogP contribution is 2.26. The van der Waals surface area contributed by atoms with E-state index in [1.54, 1.807) is 0 Å². The van der Waals surface area contributed by atoms with Gasteiger partial charge in [-0.15, -0.1) is 0 Å². The van der Waals surface area contributed by atoms with Crippen LogP contribution in [0.25, 0.3) is 0 Å². The molecular formula is C17H19F4N3O6. The number of methoxy groups -OCH3 is 1. The van der Waals surface area contributed by atoms with Crippen LogP contribution >= 0.6 is 0 Å². The smallest absolute Gasteiger partial charge is 0.309 e. The van der Waals surface area contributed by atoms with Crippen LogP contribution in [0.4, 0.5) is 17.6 Å². The lowest BCUT2D eigenvalue weighted by Gasteiger charge is -2.20. The summed E-state index contributed by atoms with van der Waals surface area (Å²) in [4.78, 5) is 46.4. The van der Waals surface area contributed by atoms with Gasteiger partial charge in [-0.3, -0.25) is 19.2 Å². The molecule has 0 radical (unpaired) electrons. The summed E-state index contributed by atoms with van der Waals surface area (Å²) in [5.41, 5.74) is 4.76. The highest BCUT2D eigenvalue weighted by atomic mass is 19.2. The Kier molecular flexibility index (Phi) is 9.17. The van der Waals surface area contributed by atoms with Crippen molar-refractivity contribution in [2.24, 2.45) is 5.73 Å². The number of nitrogens with two attached hydrogens (primary N) is 1. The number of ether oxygens (including phenoxy) is 2. The number of amides is 3. The van der Waals surface area contributed by atoms with Crippen LogP contribution in [0.3, 0.4) is 0 Å². The van der Waals surface area contributed by atoms with Crippen molar-refractivity contribution < 1.29 is 46.2 Å². The molecule has 0 saturated heterocycles. The molecule has 0 spiro atoms. The van der Waals surface area contributed by atoms with Gasteiger partial charge in [0.1, 0.15) is 12.6 Å². The van der Waals surface area contributed by atoms with Gasteiger partial charge in [-0.2, -0.15) is 8.78 Å². The van der Waals surface area contributed by atoms with E-state index in [1.165, 1.54) is 14.0 Å². The molecule has 4 N–H and O–H groups in total. The minimum atomic E-state index is -1.83. The quantitative estimate of drug-likeness (QED) is 0.261. The van der Waals surface area contributed by atoms with Crippen molar-refractivity contribution in [1.82, 2.24) is 10.6 Å². The monoisotopic (exact) mass is 437 g/mol. The zero-order valence-electron chi connectivity index (χ0n) is 15.9. The Morgan fingerprint density at radius 2 is 1.63 bits per heavy atom. The molecular weight excluding hydrogens is 418 g/mol. The number of hydrogen-bond donors (Lipinski definition) is 3. The van der Waals surface area contributed by atoms with Gasteiger partial charge in [-0.25, -0.2) is 8.78 Å². The van der Waals surface area contributed by atoms with Crippen LogP contribution in [0.1, 0.15) is 13.3 Å². The number of carbonyl (C=O) groups is 4. The first-order chi connectivity index (χ1) is 14.0. The summed E-state index contributed by atoms with van der Waals surface area (Å²) in [6.07, 6.45) is -0.108. The fourth-order valence-electron chi connectivity index (χ4n) is 2.10. The maximum atomic E-state index is 13.6. The van der Waals surface area contributed by atoms with Gasteiger partial charge in [0, 0.05) is 19.8 Å². The topological polar surface area (TPSA) is 137 Å². The van der Waals surface area contributed by atoms with Gasteiger partial charge < -0.3 is 25.8 Å². The number of ketones is 1. The Balaban J connectivity index is 2.86. The van der Waals surface area contributed by atoms with Gasteiger partial charge in [0.25, 0.3) is 0 Å². The van der Waals surface area contributed by atoms with Crippen molar-refractivity contribution in [1.29, 1.82) is 0 Å². The number of carbonyl (C=O) groups excluding carboxylic acids is 4. The number of hydrogen-bond acceptors (Lipinski definition) is 6. The third-order valence-corrected chi connectivity index (χ3v) is 3.71. The van der Waals surface area contributed by atoms with Crippen molar-refractivity contribution >= 4 is 23.5 Å². The molecule has 1 rings (SSSR count). The van der Waals surface area contributed by atoms with E-state index < -0.39 is 71.2 Å². The zero-order valence-corrected chi connectivity index (χ0v) is 15.9. The molecule has 30 heavy (non-hydrogen) atoms. The second-order valence-corrected chi connectivity index (χ2v) is 5.95. The molecule has 0 fully saturated rings. The first kappa shape index (κ1) is 24.8. The van der Waals surface area contributed by atoms with E-state index in [0.29, 0.717) is 0 Å². The van der Waals surface area contributed by atoms with E-state index in [-0.39, 0.29) is 19.1 Å². The van der Waals surface area contributed by atoms with Crippen LogP contribution in [0.5, 0.6) is 5.75 Å². The summed E-state index contributed by atoms with van der Waals surface area (Å²) in [6, 6.07) is -2.60. The molecule has 0 aromatic heterocycles. The molecule has 1 aromatic rings. The molecule has 13 heteroatoms. The minimum Gasteiger partial charge on any atom is -0.479 e. The third kappa shape index (κ3) is 6.69. The van der Waals surface area contributed by atoms with Crippen LogP contribution in [0.2, 0.25) is 0 Å². The van der Waals surface area contributed by atoms with Crippen LogP contribution in [-0.2, 0) is 23.9 Å². The second kappa shape index (κ2) is 11.1. The zero-order chi connectivity index (χ0) is 23.0. The Labute approximate surface area is 167 Å². The van der Waals surface area contributed by atoms with Gasteiger partial charge in [0.15, 0.2) is 23.2 Å². The first-order valence-corrected chi connectivity index (χ1v) is 8.37. The third-order valence-electron chi connectivity index (χ3n) is 3.71. The fourth-order valence-corrected chi connectivity index (χ4v) is 2.10. The fraction of sp³-hybridized carbons (Fsp3) is 0.412. The molecule has 0 saturated carbocycles. The van der Waals surface area contributed by atoms with Gasteiger partial charge in [0.2, 0.25) is 17.5 Å². The summed E-state index contributed by atoms with van der Waals surface area (Å²) >= 11 is 0. The predicted octanol–water partition coefficient (Wildman–Crippen LogP) is -0.298. The first-order valence-electron chi connectivity index (χ1n) is 8.37. The van der Waals surface area contributed by atoms with E-state index in [1.807, 2.05) is 5.32 Å². The minimum absolute atomic E-state index is 0.0251. The lowest BCUT2D eigenvalue weighted by atomic mass is 10.1. The molecule has 0 aliphatic carbocycles. The van der Waals surface area contributed by atoms with E-state index >= 15 is 0 Å². The summed E-state index contributed by atoms with van der Waals surface area (Å²) in [5, 5.41) is 4.22. The van der Waals surface area contributed by atoms with Crippen molar-refractivity contribution in [3.05, 3.63) is 29.3 Å². The number of primary amides is 1. The lowest BCUT2D eigenvalue weighted by Crippen LogP contribution is -2.53. The molecule has 0 heterocycles. The summed E-state index contributed by atoms with van der Waals surface area (Å²) < 4.78 is 63.0. The van der Waals surface area contributed by atoms with Gasteiger partial charge in [0.05, 0.1) is 6.04 Å². The van der Waals surface area contributed by atoms with E-state index in [0.717, 1.165) is 0 Å². The van der Waals surface area contributed by atoms with Crippen molar-refractivity contribution in [3.8, 4) is 5.75 Å². The number of rotatable bonds is 10. The van der Waals surface area contributed by atoms with Crippen LogP contribution in [0.15, 0.2) is 6.07 Å². The number of benzene rings is 1. The van der Waals surface area contributed by atoms with E-state index in [9.17, 15) is 36.7 Å². The summed E-state index contributed by atoms with van der Waals surface area (Å²) in [7, 11) is 1.30. The van der Waals surface area contributed by atoms with Gasteiger partial charge >= 0.3 is 11.8 Å². The SMILES string of the molecule is COCC[C@H](NC(=O)[C@H](C)NC(=O)C(N)=O)C(=O)COc1c(F)c(F)cc(F)c1F. The van der Waals surface area contributed by atoms with Crippen molar-refractivity contribution in [2.75, 3.05) is 20.3 Å². The van der Waals surface area contributed by atoms with E-state index in [4.69, 9.17) is 10.5 Å². The summed E-state index contributed by atoms with van der Waals surface area (Å²) in [5.74, 6) is -12.9. The molecule has 0 unspecified atom stereocenters. The number of halogens is 4. The van der Waals surface area contributed by atoms with E-state index in [2.05, 4.69) is 10.1 Å². The van der Waals surface area contributed by atoms with Crippen LogP contribution in [0, 0.1) is 23.3 Å². The average molecular weight is 437 g/mol. The number of Topliss-reactive ketones (excluding diaryl/α,β-unsaturated/α-hetero) is 1. The predicted molar refractivity (Wildman–Crippen MR) is 92.0 cm³/mol. The van der Waals surface area contributed by atoms with Crippen LogP contribution in [-0.4, -0.2) is 55.9 Å².